The molecule has 6 nitrogen and oxygen atoms in total. The monoisotopic (exact) mass is 527 g/mol. The molecule has 0 radical (unpaired) electrons. The summed E-state index contributed by atoms with van der Waals surface area (Å²) in [5.41, 5.74) is 3.37. The first-order valence-corrected chi connectivity index (χ1v) is 10.0. The Morgan fingerprint density at radius 1 is 1.03 bits per heavy atom. The number of nitrogens with zero attached hydrogens (tertiary/aromatic N) is 1. The highest BCUT2D eigenvalue weighted by atomic mass is 127. The number of hydrogen-bond donors (Lipinski definition) is 2. The van der Waals surface area contributed by atoms with Crippen LogP contribution in [0.5, 0.6) is 11.5 Å². The predicted octanol–water partition coefficient (Wildman–Crippen LogP) is 4.29. The van der Waals surface area contributed by atoms with Crippen molar-refractivity contribution >= 4 is 29.9 Å². The van der Waals surface area contributed by atoms with E-state index in [0.29, 0.717) is 26.3 Å². The molecule has 2 aromatic carbocycles. The molecule has 0 aliphatic carbocycles. The minimum atomic E-state index is 0. The fourth-order valence-electron chi connectivity index (χ4n) is 2.79. The standard InChI is InChI=1S/C23H33N3O3.HI/c1-5-24-23(25-16-19-8-6-9-21(15-19)28-4)26-17-20-11-10-18(2)14-22(20)29-13-7-12-27-3;/h6,8-11,14-15H,5,7,12-13,16-17H2,1-4H3,(H2,24,25,26);1H. The van der Waals surface area contributed by atoms with Gasteiger partial charge in [0.2, 0.25) is 0 Å². The molecule has 0 saturated carbocycles. The molecule has 0 aliphatic heterocycles. The summed E-state index contributed by atoms with van der Waals surface area (Å²) in [6, 6.07) is 14.2. The van der Waals surface area contributed by atoms with Crippen LogP contribution in [0.1, 0.15) is 30.0 Å². The van der Waals surface area contributed by atoms with Gasteiger partial charge in [0, 0.05) is 38.8 Å². The van der Waals surface area contributed by atoms with Gasteiger partial charge in [-0.3, -0.25) is 0 Å². The summed E-state index contributed by atoms with van der Waals surface area (Å²) in [5, 5.41) is 6.69. The van der Waals surface area contributed by atoms with Crippen LogP contribution in [0.2, 0.25) is 0 Å². The third kappa shape index (κ3) is 9.21. The molecule has 0 aromatic heterocycles. The van der Waals surface area contributed by atoms with Crippen LogP contribution in [-0.2, 0) is 17.8 Å². The van der Waals surface area contributed by atoms with Crippen molar-refractivity contribution in [2.24, 2.45) is 4.99 Å². The minimum Gasteiger partial charge on any atom is -0.497 e. The lowest BCUT2D eigenvalue weighted by Gasteiger charge is -2.15. The van der Waals surface area contributed by atoms with Crippen LogP contribution in [-0.4, -0.2) is 39.9 Å². The van der Waals surface area contributed by atoms with Crippen LogP contribution in [0.15, 0.2) is 47.5 Å². The second-order valence-corrected chi connectivity index (χ2v) is 6.71. The van der Waals surface area contributed by atoms with Gasteiger partial charge in [0.1, 0.15) is 11.5 Å². The Labute approximate surface area is 197 Å². The van der Waals surface area contributed by atoms with Crippen LogP contribution < -0.4 is 20.1 Å². The van der Waals surface area contributed by atoms with E-state index in [0.717, 1.165) is 41.6 Å². The van der Waals surface area contributed by atoms with Crippen LogP contribution >= 0.6 is 24.0 Å². The maximum Gasteiger partial charge on any atom is 0.191 e. The van der Waals surface area contributed by atoms with Crippen molar-refractivity contribution in [3.8, 4) is 11.5 Å². The van der Waals surface area contributed by atoms with Crippen molar-refractivity contribution in [1.82, 2.24) is 10.6 Å². The molecule has 2 rings (SSSR count). The third-order valence-electron chi connectivity index (χ3n) is 4.32. The summed E-state index contributed by atoms with van der Waals surface area (Å²) in [7, 11) is 3.37. The van der Waals surface area contributed by atoms with Gasteiger partial charge in [-0.05, 0) is 43.2 Å². The van der Waals surface area contributed by atoms with Gasteiger partial charge in [0.05, 0.1) is 20.3 Å². The Morgan fingerprint density at radius 2 is 1.87 bits per heavy atom. The predicted molar refractivity (Wildman–Crippen MR) is 133 cm³/mol. The molecular weight excluding hydrogens is 493 g/mol. The van der Waals surface area contributed by atoms with Gasteiger partial charge in [0.15, 0.2) is 5.96 Å². The average molecular weight is 527 g/mol. The second kappa shape index (κ2) is 14.9. The molecule has 2 aromatic rings. The number of methoxy groups -OCH3 is 2. The first kappa shape index (κ1) is 26.0. The highest BCUT2D eigenvalue weighted by Crippen LogP contribution is 2.20. The van der Waals surface area contributed by atoms with Gasteiger partial charge in [-0.25, -0.2) is 4.99 Å². The Bertz CT molecular complexity index is 784. The fraction of sp³-hybridized carbons (Fsp3) is 0.435. The number of rotatable bonds is 11. The maximum atomic E-state index is 5.97. The zero-order chi connectivity index (χ0) is 20.9. The van der Waals surface area contributed by atoms with Crippen LogP contribution in [0.4, 0.5) is 0 Å². The summed E-state index contributed by atoms with van der Waals surface area (Å²) < 4.78 is 16.3. The first-order valence-electron chi connectivity index (χ1n) is 10.0. The normalized spacial score (nSPS) is 10.9. The summed E-state index contributed by atoms with van der Waals surface area (Å²) in [6.45, 7) is 7.44. The molecule has 0 saturated heterocycles. The molecule has 0 aliphatic rings. The van der Waals surface area contributed by atoms with Gasteiger partial charge >= 0.3 is 0 Å². The molecule has 0 bridgehead atoms. The Kier molecular flexibility index (Phi) is 12.9. The number of aliphatic imine (C=N–C) groups is 1. The largest absolute Gasteiger partial charge is 0.497 e. The van der Waals surface area contributed by atoms with E-state index in [9.17, 15) is 0 Å². The van der Waals surface area contributed by atoms with Gasteiger partial charge in [-0.2, -0.15) is 0 Å². The van der Waals surface area contributed by atoms with E-state index in [-0.39, 0.29) is 24.0 Å². The van der Waals surface area contributed by atoms with Gasteiger partial charge in [-0.1, -0.05) is 24.3 Å². The highest BCUT2D eigenvalue weighted by molar-refractivity contribution is 14.0. The zero-order valence-corrected chi connectivity index (χ0v) is 20.7. The van der Waals surface area contributed by atoms with Crippen LogP contribution in [0.3, 0.4) is 0 Å². The molecule has 0 spiro atoms. The van der Waals surface area contributed by atoms with Crippen LogP contribution in [0.25, 0.3) is 0 Å². The van der Waals surface area contributed by atoms with Crippen molar-refractivity contribution in [1.29, 1.82) is 0 Å². The number of aryl methyl sites for hydroxylation is 1. The molecule has 0 unspecified atom stereocenters. The quantitative estimate of drug-likeness (QED) is 0.198. The summed E-state index contributed by atoms with van der Waals surface area (Å²) in [6.07, 6.45) is 0.863. The van der Waals surface area contributed by atoms with Crippen molar-refractivity contribution in [2.75, 3.05) is 34.0 Å². The smallest absolute Gasteiger partial charge is 0.191 e. The number of halogens is 1. The molecule has 0 amide bonds. The van der Waals surface area contributed by atoms with E-state index in [1.807, 2.05) is 24.3 Å². The van der Waals surface area contributed by atoms with Crippen molar-refractivity contribution in [2.45, 2.75) is 33.4 Å². The summed E-state index contributed by atoms with van der Waals surface area (Å²) >= 11 is 0. The number of guanidine groups is 1. The molecule has 0 atom stereocenters. The number of benzene rings is 2. The van der Waals surface area contributed by atoms with E-state index < -0.39 is 0 Å². The minimum absolute atomic E-state index is 0. The SMILES string of the molecule is CCNC(=NCc1cccc(OC)c1)NCc1ccc(C)cc1OCCCOC.I. The summed E-state index contributed by atoms with van der Waals surface area (Å²) in [4.78, 5) is 4.69. The Hall–Kier alpha value is -2.00. The van der Waals surface area contributed by atoms with E-state index in [1.54, 1.807) is 14.2 Å². The third-order valence-corrected chi connectivity index (χ3v) is 4.32. The molecule has 0 fully saturated rings. The molecule has 2 N–H and O–H groups in total. The Balaban J connectivity index is 0.00000450. The van der Waals surface area contributed by atoms with Gasteiger partial charge < -0.3 is 24.8 Å². The van der Waals surface area contributed by atoms with Gasteiger partial charge in [-0.15, -0.1) is 24.0 Å². The van der Waals surface area contributed by atoms with E-state index >= 15 is 0 Å². The molecule has 7 heteroatoms. The number of hydrogen-bond acceptors (Lipinski definition) is 4. The lowest BCUT2D eigenvalue weighted by atomic mass is 10.1. The Morgan fingerprint density at radius 3 is 2.60 bits per heavy atom. The molecular formula is C23H34IN3O3. The van der Waals surface area contributed by atoms with Crippen molar-refractivity contribution in [3.05, 3.63) is 59.2 Å². The number of nitrogens with one attached hydrogen (secondary N) is 2. The fourth-order valence-corrected chi connectivity index (χ4v) is 2.79. The topological polar surface area (TPSA) is 64.1 Å². The zero-order valence-electron chi connectivity index (χ0n) is 18.4. The van der Waals surface area contributed by atoms with Crippen molar-refractivity contribution in [3.63, 3.8) is 0 Å². The van der Waals surface area contributed by atoms with E-state index in [1.165, 1.54) is 5.56 Å². The lowest BCUT2D eigenvalue weighted by molar-refractivity contribution is 0.171. The van der Waals surface area contributed by atoms with Crippen molar-refractivity contribution < 1.29 is 14.2 Å². The molecule has 0 heterocycles. The first-order chi connectivity index (χ1) is 14.2. The van der Waals surface area contributed by atoms with Crippen LogP contribution in [0, 0.1) is 6.92 Å². The van der Waals surface area contributed by atoms with E-state index in [4.69, 9.17) is 14.2 Å². The highest BCUT2D eigenvalue weighted by Gasteiger charge is 2.06. The van der Waals surface area contributed by atoms with E-state index in [2.05, 4.69) is 47.7 Å². The van der Waals surface area contributed by atoms with Gasteiger partial charge in [0.25, 0.3) is 0 Å². The lowest BCUT2D eigenvalue weighted by Crippen LogP contribution is -2.36. The number of ether oxygens (including phenoxy) is 3. The molecule has 166 valence electrons. The summed E-state index contributed by atoms with van der Waals surface area (Å²) in [5.74, 6) is 2.50. The molecule has 30 heavy (non-hydrogen) atoms. The average Bonchev–Trinajstić information content (AvgIpc) is 2.74. The second-order valence-electron chi connectivity index (χ2n) is 6.71. The maximum absolute atomic E-state index is 5.97.